The van der Waals surface area contributed by atoms with Gasteiger partial charge < -0.3 is 5.32 Å². The minimum absolute atomic E-state index is 0.0326. The van der Waals surface area contributed by atoms with E-state index in [1.165, 1.54) is 49.5 Å². The van der Waals surface area contributed by atoms with Gasteiger partial charge in [-0.2, -0.15) is 0 Å². The van der Waals surface area contributed by atoms with Gasteiger partial charge in [-0.3, -0.25) is 9.10 Å². The Balaban J connectivity index is 1.93. The van der Waals surface area contributed by atoms with Crippen LogP contribution >= 0.6 is 11.6 Å². The van der Waals surface area contributed by atoms with Crippen molar-refractivity contribution in [2.45, 2.75) is 18.7 Å². The zero-order valence-electron chi connectivity index (χ0n) is 16.6. The molecule has 0 aliphatic carbocycles. The Morgan fingerprint density at radius 3 is 2.30 bits per heavy atom. The molecule has 0 aliphatic rings. The van der Waals surface area contributed by atoms with E-state index in [2.05, 4.69) is 5.32 Å². The number of anilines is 2. The Labute approximate surface area is 180 Å². The van der Waals surface area contributed by atoms with Crippen molar-refractivity contribution in [3.63, 3.8) is 0 Å². The van der Waals surface area contributed by atoms with Crippen LogP contribution in [0.1, 0.15) is 21.5 Å². The van der Waals surface area contributed by atoms with Gasteiger partial charge in [0.05, 0.1) is 21.2 Å². The Hall–Kier alpha value is -2.90. The van der Waals surface area contributed by atoms with Gasteiger partial charge in [-0.15, -0.1) is 0 Å². The highest BCUT2D eigenvalue weighted by atomic mass is 35.5. The standard InChI is InChI=1S/C22H20ClFN2O3S/c1-14-4-11-21(15(2)12-14)25-22(27)19-13-18(9-10-20(19)23)30(28,29)26(3)17-7-5-16(24)6-8-17/h4-13H,1-3H3,(H,25,27). The van der Waals surface area contributed by atoms with Crippen molar-refractivity contribution in [3.8, 4) is 0 Å². The Morgan fingerprint density at radius 1 is 1.00 bits per heavy atom. The Kier molecular flexibility index (Phi) is 6.14. The van der Waals surface area contributed by atoms with Crippen molar-refractivity contribution in [1.29, 1.82) is 0 Å². The van der Waals surface area contributed by atoms with Crippen molar-refractivity contribution in [1.82, 2.24) is 0 Å². The highest BCUT2D eigenvalue weighted by Gasteiger charge is 2.24. The van der Waals surface area contributed by atoms with Crippen molar-refractivity contribution >= 4 is 38.9 Å². The molecular weight excluding hydrogens is 427 g/mol. The normalized spacial score (nSPS) is 11.2. The monoisotopic (exact) mass is 446 g/mol. The number of hydrogen-bond acceptors (Lipinski definition) is 3. The third kappa shape index (κ3) is 4.47. The molecule has 0 saturated carbocycles. The molecule has 8 heteroatoms. The average molecular weight is 447 g/mol. The molecule has 0 aromatic heterocycles. The number of nitrogens with one attached hydrogen (secondary N) is 1. The molecule has 156 valence electrons. The molecule has 30 heavy (non-hydrogen) atoms. The summed E-state index contributed by atoms with van der Waals surface area (Å²) in [5, 5.41) is 2.89. The summed E-state index contributed by atoms with van der Waals surface area (Å²) < 4.78 is 40.2. The van der Waals surface area contributed by atoms with Crippen molar-refractivity contribution in [2.75, 3.05) is 16.7 Å². The summed E-state index contributed by atoms with van der Waals surface area (Å²) in [6, 6.07) is 14.6. The highest BCUT2D eigenvalue weighted by Crippen LogP contribution is 2.27. The van der Waals surface area contributed by atoms with Crippen molar-refractivity contribution in [2.24, 2.45) is 0 Å². The van der Waals surface area contributed by atoms with E-state index in [1.54, 1.807) is 6.07 Å². The minimum atomic E-state index is -3.99. The third-order valence-corrected chi connectivity index (χ3v) is 6.77. The quantitative estimate of drug-likeness (QED) is 0.587. The summed E-state index contributed by atoms with van der Waals surface area (Å²) >= 11 is 6.18. The van der Waals surface area contributed by atoms with Crippen molar-refractivity contribution in [3.05, 3.63) is 88.2 Å². The van der Waals surface area contributed by atoms with Crippen LogP contribution in [0.4, 0.5) is 15.8 Å². The van der Waals surface area contributed by atoms with Gasteiger partial charge in [-0.25, -0.2) is 12.8 Å². The van der Waals surface area contributed by atoms with Gasteiger partial charge in [0, 0.05) is 12.7 Å². The van der Waals surface area contributed by atoms with Crippen LogP contribution in [0.5, 0.6) is 0 Å². The van der Waals surface area contributed by atoms with Crippen LogP contribution in [0.3, 0.4) is 0 Å². The molecule has 0 bridgehead atoms. The number of nitrogens with zero attached hydrogens (tertiary/aromatic N) is 1. The zero-order valence-corrected chi connectivity index (χ0v) is 18.2. The second-order valence-electron chi connectivity index (χ2n) is 6.86. The zero-order chi connectivity index (χ0) is 22.1. The van der Waals surface area contributed by atoms with Crippen LogP contribution in [-0.4, -0.2) is 21.4 Å². The Morgan fingerprint density at radius 2 is 1.67 bits per heavy atom. The molecule has 1 N–H and O–H groups in total. The first-order valence-corrected chi connectivity index (χ1v) is 10.8. The topological polar surface area (TPSA) is 66.5 Å². The number of aryl methyl sites for hydroxylation is 2. The number of halogens is 2. The summed E-state index contributed by atoms with van der Waals surface area (Å²) in [6.45, 7) is 3.81. The lowest BCUT2D eigenvalue weighted by Gasteiger charge is -2.20. The van der Waals surface area contributed by atoms with E-state index in [9.17, 15) is 17.6 Å². The van der Waals surface area contributed by atoms with E-state index >= 15 is 0 Å². The SMILES string of the molecule is Cc1ccc(NC(=O)c2cc(S(=O)(=O)N(C)c3ccc(F)cc3)ccc2Cl)c(C)c1. The maximum absolute atomic E-state index is 13.2. The highest BCUT2D eigenvalue weighted by molar-refractivity contribution is 7.92. The molecule has 5 nitrogen and oxygen atoms in total. The summed E-state index contributed by atoms with van der Waals surface area (Å²) in [7, 11) is -2.64. The molecule has 0 heterocycles. The van der Waals surface area contributed by atoms with Crippen LogP contribution < -0.4 is 9.62 Å². The molecule has 0 saturated heterocycles. The molecule has 0 fully saturated rings. The summed E-state index contributed by atoms with van der Waals surface area (Å²) in [4.78, 5) is 12.7. The van der Waals surface area contributed by atoms with Gasteiger partial charge in [-0.1, -0.05) is 29.3 Å². The van der Waals surface area contributed by atoms with Gasteiger partial charge in [0.2, 0.25) is 0 Å². The molecule has 0 aliphatic heterocycles. The van der Waals surface area contributed by atoms with Gasteiger partial charge in [0.15, 0.2) is 0 Å². The van der Waals surface area contributed by atoms with Crippen LogP contribution in [0, 0.1) is 19.7 Å². The molecule has 3 aromatic rings. The fraction of sp³-hybridized carbons (Fsp3) is 0.136. The number of rotatable bonds is 5. The van der Waals surface area contributed by atoms with E-state index in [0.717, 1.165) is 15.4 Å². The van der Waals surface area contributed by atoms with Crippen molar-refractivity contribution < 1.29 is 17.6 Å². The first kappa shape index (κ1) is 21.8. The number of sulfonamides is 1. The van der Waals surface area contributed by atoms with Gasteiger partial charge in [-0.05, 0) is 67.9 Å². The summed E-state index contributed by atoms with van der Waals surface area (Å²) in [6.07, 6.45) is 0. The lowest BCUT2D eigenvalue weighted by molar-refractivity contribution is 0.102. The van der Waals surface area contributed by atoms with E-state index in [4.69, 9.17) is 11.6 Å². The lowest BCUT2D eigenvalue weighted by atomic mass is 10.1. The fourth-order valence-electron chi connectivity index (χ4n) is 2.93. The lowest BCUT2D eigenvalue weighted by Crippen LogP contribution is -2.27. The minimum Gasteiger partial charge on any atom is -0.322 e. The van der Waals surface area contributed by atoms with Crippen LogP contribution in [0.15, 0.2) is 65.6 Å². The van der Waals surface area contributed by atoms with Crippen LogP contribution in [-0.2, 0) is 10.0 Å². The molecular formula is C22H20ClFN2O3S. The Bertz CT molecular complexity index is 1210. The third-order valence-electron chi connectivity index (χ3n) is 4.66. The maximum Gasteiger partial charge on any atom is 0.264 e. The number of hydrogen-bond donors (Lipinski definition) is 1. The number of carbonyl (C=O) groups excluding carboxylic acids is 1. The van der Waals surface area contributed by atoms with Crippen LogP contribution in [0.25, 0.3) is 0 Å². The number of amides is 1. The maximum atomic E-state index is 13.2. The van der Waals surface area contributed by atoms with Gasteiger partial charge in [0.25, 0.3) is 15.9 Å². The second kappa shape index (κ2) is 8.45. The predicted molar refractivity (Wildman–Crippen MR) is 117 cm³/mol. The first-order chi connectivity index (χ1) is 14.1. The summed E-state index contributed by atoms with van der Waals surface area (Å²) in [5.74, 6) is -0.991. The second-order valence-corrected chi connectivity index (χ2v) is 9.24. The number of carbonyl (C=O) groups is 1. The molecule has 3 rings (SSSR count). The molecule has 3 aromatic carbocycles. The molecule has 0 unspecified atom stereocenters. The van der Waals surface area contributed by atoms with E-state index in [0.29, 0.717) is 5.69 Å². The van der Waals surface area contributed by atoms with Gasteiger partial charge >= 0.3 is 0 Å². The fourth-order valence-corrected chi connectivity index (χ4v) is 4.36. The molecule has 0 atom stereocenters. The van der Waals surface area contributed by atoms with E-state index < -0.39 is 21.7 Å². The number of benzene rings is 3. The smallest absolute Gasteiger partial charge is 0.264 e. The van der Waals surface area contributed by atoms with E-state index in [-0.39, 0.29) is 21.2 Å². The average Bonchev–Trinajstić information content (AvgIpc) is 2.70. The molecule has 1 amide bonds. The molecule has 0 spiro atoms. The predicted octanol–water partition coefficient (Wildman–Crippen LogP) is 5.17. The first-order valence-electron chi connectivity index (χ1n) is 9.02. The van der Waals surface area contributed by atoms with Crippen LogP contribution in [0.2, 0.25) is 5.02 Å². The van der Waals surface area contributed by atoms with Gasteiger partial charge in [0.1, 0.15) is 5.82 Å². The summed E-state index contributed by atoms with van der Waals surface area (Å²) in [5.41, 5.74) is 2.86. The van der Waals surface area contributed by atoms with E-state index in [1.807, 2.05) is 26.0 Å². The molecule has 0 radical (unpaired) electrons. The largest absolute Gasteiger partial charge is 0.322 e.